The minimum absolute atomic E-state index is 0.0547. The summed E-state index contributed by atoms with van der Waals surface area (Å²) in [5, 5.41) is 13.9. The van der Waals surface area contributed by atoms with Gasteiger partial charge in [0, 0.05) is 24.9 Å². The number of halogens is 2. The molecule has 0 bridgehead atoms. The predicted octanol–water partition coefficient (Wildman–Crippen LogP) is 4.40. The van der Waals surface area contributed by atoms with E-state index in [4.69, 9.17) is 9.47 Å². The lowest BCUT2D eigenvalue weighted by molar-refractivity contribution is -0.138. The average Bonchev–Trinajstić information content (AvgIpc) is 2.90. The SMILES string of the molecule is C=Cc1ccc(C(=O)CCCCCC(=O)NC(CN2CC(F)(F)C2)C(O)c2ccc3c(c2)OCCO3)cc1. The fourth-order valence-corrected chi connectivity index (χ4v) is 4.69. The Balaban J connectivity index is 1.27. The maximum atomic E-state index is 13.4. The number of ether oxygens (including phenoxy) is 2. The third-order valence-electron chi connectivity index (χ3n) is 6.78. The molecule has 2 unspecified atom stereocenters. The van der Waals surface area contributed by atoms with Gasteiger partial charge < -0.3 is 19.9 Å². The van der Waals surface area contributed by atoms with Gasteiger partial charge in [0.15, 0.2) is 17.3 Å². The van der Waals surface area contributed by atoms with E-state index in [-0.39, 0.29) is 24.7 Å². The Morgan fingerprint density at radius 2 is 1.71 bits per heavy atom. The topological polar surface area (TPSA) is 88.1 Å². The Morgan fingerprint density at radius 1 is 1.03 bits per heavy atom. The van der Waals surface area contributed by atoms with Crippen LogP contribution >= 0.6 is 0 Å². The Hall–Kier alpha value is -3.30. The molecule has 1 amide bonds. The van der Waals surface area contributed by atoms with Crippen LogP contribution in [0.2, 0.25) is 0 Å². The van der Waals surface area contributed by atoms with Gasteiger partial charge in [-0.1, -0.05) is 49.4 Å². The second-order valence-corrected chi connectivity index (χ2v) is 9.86. The number of benzene rings is 2. The standard InChI is InChI=1S/C29H34F2N2O5/c1-2-20-8-10-21(11-9-20)24(34)6-4-3-5-7-27(35)32-23(17-33-18-29(30,31)19-33)28(36)22-12-13-25-26(16-22)38-15-14-37-25/h2,8-13,16,23,28,36H,1,3-7,14-15,17-19H2,(H,32,35). The number of unbranched alkanes of at least 4 members (excludes halogenated alkanes) is 2. The van der Waals surface area contributed by atoms with Crippen LogP contribution in [0.4, 0.5) is 8.78 Å². The minimum atomic E-state index is -2.75. The van der Waals surface area contributed by atoms with Crippen LogP contribution in [0.5, 0.6) is 11.5 Å². The Morgan fingerprint density at radius 3 is 2.39 bits per heavy atom. The van der Waals surface area contributed by atoms with Gasteiger partial charge in [0.2, 0.25) is 5.91 Å². The second-order valence-electron chi connectivity index (χ2n) is 9.86. The van der Waals surface area contributed by atoms with E-state index in [9.17, 15) is 23.5 Å². The monoisotopic (exact) mass is 528 g/mol. The number of nitrogens with zero attached hydrogens (tertiary/aromatic N) is 1. The minimum Gasteiger partial charge on any atom is -0.486 e. The zero-order valence-electron chi connectivity index (χ0n) is 21.3. The molecular weight excluding hydrogens is 494 g/mol. The number of alkyl halides is 2. The van der Waals surface area contributed by atoms with Crippen LogP contribution in [0, 0.1) is 0 Å². The van der Waals surface area contributed by atoms with Crippen LogP contribution in [0.15, 0.2) is 49.0 Å². The van der Waals surface area contributed by atoms with Crippen LogP contribution in [0.3, 0.4) is 0 Å². The number of hydrogen-bond acceptors (Lipinski definition) is 6. The molecule has 2 aliphatic heterocycles. The number of carbonyl (C=O) groups is 2. The van der Waals surface area contributed by atoms with Gasteiger partial charge in [-0.05, 0) is 36.1 Å². The fraction of sp³-hybridized carbons (Fsp3) is 0.448. The summed E-state index contributed by atoms with van der Waals surface area (Å²) in [5.74, 6) is -1.90. The van der Waals surface area contributed by atoms with E-state index in [1.165, 1.54) is 4.90 Å². The Kier molecular flexibility index (Phi) is 9.12. The largest absolute Gasteiger partial charge is 0.486 e. The first-order valence-corrected chi connectivity index (χ1v) is 13.0. The number of amides is 1. The molecule has 2 aromatic rings. The maximum Gasteiger partial charge on any atom is 0.272 e. The summed E-state index contributed by atoms with van der Waals surface area (Å²) in [4.78, 5) is 26.6. The van der Waals surface area contributed by atoms with Gasteiger partial charge in [0.1, 0.15) is 19.3 Å². The predicted molar refractivity (Wildman–Crippen MR) is 140 cm³/mol. The van der Waals surface area contributed by atoms with Gasteiger partial charge in [-0.25, -0.2) is 8.78 Å². The number of Topliss-reactive ketones (excluding diaryl/α,β-unsaturated/α-hetero) is 1. The normalized spacial score (nSPS) is 17.7. The van der Waals surface area contributed by atoms with Crippen molar-refractivity contribution in [1.82, 2.24) is 10.2 Å². The van der Waals surface area contributed by atoms with Crippen LogP contribution in [-0.2, 0) is 4.79 Å². The van der Waals surface area contributed by atoms with E-state index in [1.807, 2.05) is 12.1 Å². The molecule has 0 saturated carbocycles. The lowest BCUT2D eigenvalue weighted by Crippen LogP contribution is -2.60. The number of aliphatic hydroxyl groups is 1. The van der Waals surface area contributed by atoms with Crippen molar-refractivity contribution in [3.63, 3.8) is 0 Å². The molecule has 0 spiro atoms. The second kappa shape index (κ2) is 12.5. The van der Waals surface area contributed by atoms with Crippen LogP contribution < -0.4 is 14.8 Å². The van der Waals surface area contributed by atoms with E-state index in [2.05, 4.69) is 11.9 Å². The highest BCUT2D eigenvalue weighted by molar-refractivity contribution is 5.96. The first-order valence-electron chi connectivity index (χ1n) is 13.0. The van der Waals surface area contributed by atoms with Crippen molar-refractivity contribution in [2.75, 3.05) is 32.8 Å². The molecule has 2 heterocycles. The fourth-order valence-electron chi connectivity index (χ4n) is 4.69. The van der Waals surface area contributed by atoms with E-state index in [0.29, 0.717) is 61.5 Å². The summed E-state index contributed by atoms with van der Waals surface area (Å²) < 4.78 is 37.9. The molecule has 204 valence electrons. The van der Waals surface area contributed by atoms with Gasteiger partial charge in [-0.15, -0.1) is 0 Å². The summed E-state index contributed by atoms with van der Waals surface area (Å²) in [6.45, 7) is 3.81. The number of carbonyl (C=O) groups excluding carboxylic acids is 2. The highest BCUT2D eigenvalue weighted by Gasteiger charge is 2.45. The molecule has 2 aliphatic rings. The molecule has 1 fully saturated rings. The van der Waals surface area contributed by atoms with Gasteiger partial charge in [0.05, 0.1) is 19.1 Å². The van der Waals surface area contributed by atoms with Crippen molar-refractivity contribution in [2.45, 2.75) is 50.2 Å². The van der Waals surface area contributed by atoms with Crippen LogP contribution in [-0.4, -0.2) is 66.5 Å². The van der Waals surface area contributed by atoms with Gasteiger partial charge in [0.25, 0.3) is 5.92 Å². The van der Waals surface area contributed by atoms with E-state index in [1.54, 1.807) is 36.4 Å². The molecule has 2 aromatic carbocycles. The van der Waals surface area contributed by atoms with Gasteiger partial charge >= 0.3 is 0 Å². The van der Waals surface area contributed by atoms with Crippen molar-refractivity contribution in [3.05, 3.63) is 65.7 Å². The average molecular weight is 529 g/mol. The molecule has 0 aromatic heterocycles. The molecule has 0 radical (unpaired) electrons. The Labute approximate surface area is 221 Å². The Bertz CT molecular complexity index is 1130. The highest BCUT2D eigenvalue weighted by atomic mass is 19.3. The quantitative estimate of drug-likeness (QED) is 0.296. The number of nitrogens with one attached hydrogen (secondary N) is 1. The number of rotatable bonds is 13. The first kappa shape index (κ1) is 27.7. The van der Waals surface area contributed by atoms with Crippen molar-refractivity contribution in [2.24, 2.45) is 0 Å². The molecule has 7 nitrogen and oxygen atoms in total. The van der Waals surface area contributed by atoms with Crippen molar-refractivity contribution < 1.29 is 33.0 Å². The zero-order chi connectivity index (χ0) is 27.1. The summed E-state index contributed by atoms with van der Waals surface area (Å²) >= 11 is 0. The summed E-state index contributed by atoms with van der Waals surface area (Å²) in [6.07, 6.45) is 3.13. The zero-order valence-corrected chi connectivity index (χ0v) is 21.3. The number of ketones is 1. The number of hydrogen-bond donors (Lipinski definition) is 2. The lowest BCUT2D eigenvalue weighted by Gasteiger charge is -2.41. The van der Waals surface area contributed by atoms with Gasteiger partial charge in [-0.3, -0.25) is 14.5 Å². The number of aliphatic hydroxyl groups excluding tert-OH is 1. The molecular formula is C29H34F2N2O5. The maximum absolute atomic E-state index is 13.4. The molecule has 1 saturated heterocycles. The summed E-state index contributed by atoms with van der Waals surface area (Å²) in [5.41, 5.74) is 2.11. The van der Waals surface area contributed by atoms with Crippen LogP contribution in [0.25, 0.3) is 6.08 Å². The highest BCUT2D eigenvalue weighted by Crippen LogP contribution is 2.34. The van der Waals surface area contributed by atoms with E-state index >= 15 is 0 Å². The number of fused-ring (bicyclic) bond motifs is 1. The van der Waals surface area contributed by atoms with Crippen molar-refractivity contribution in [1.29, 1.82) is 0 Å². The van der Waals surface area contributed by atoms with Crippen molar-refractivity contribution in [3.8, 4) is 11.5 Å². The molecule has 2 N–H and O–H groups in total. The summed E-state index contributed by atoms with van der Waals surface area (Å²) in [7, 11) is 0. The first-order chi connectivity index (χ1) is 18.2. The third-order valence-corrected chi connectivity index (χ3v) is 6.78. The van der Waals surface area contributed by atoms with Gasteiger partial charge in [-0.2, -0.15) is 0 Å². The lowest BCUT2D eigenvalue weighted by atomic mass is 9.98. The summed E-state index contributed by atoms with van der Waals surface area (Å²) in [6, 6.07) is 11.5. The smallest absolute Gasteiger partial charge is 0.272 e. The van der Waals surface area contributed by atoms with Crippen LogP contribution in [0.1, 0.15) is 59.7 Å². The third kappa shape index (κ3) is 7.39. The van der Waals surface area contributed by atoms with Crippen molar-refractivity contribution >= 4 is 17.8 Å². The molecule has 0 aliphatic carbocycles. The molecule has 38 heavy (non-hydrogen) atoms. The molecule has 9 heteroatoms. The van der Waals surface area contributed by atoms with E-state index in [0.717, 1.165) is 5.56 Å². The van der Waals surface area contributed by atoms with E-state index < -0.39 is 31.2 Å². The molecule has 2 atom stereocenters. The molecule has 4 rings (SSSR count). The number of likely N-dealkylation sites (tertiary alicyclic amines) is 1.